The molecule has 0 aliphatic heterocycles. The van der Waals surface area contributed by atoms with E-state index in [1.54, 1.807) is 6.21 Å². The third-order valence-corrected chi connectivity index (χ3v) is 4.62. The Morgan fingerprint density at radius 1 is 1.04 bits per heavy atom. The highest BCUT2D eigenvalue weighted by Crippen LogP contribution is 2.32. The summed E-state index contributed by atoms with van der Waals surface area (Å²) in [6.07, 6.45) is 1.55. The lowest BCUT2D eigenvalue weighted by atomic mass is 10.1. The lowest BCUT2D eigenvalue weighted by Gasteiger charge is -2.09. The molecule has 0 atom stereocenters. The maximum atomic E-state index is 12.0. The van der Waals surface area contributed by atoms with Crippen LogP contribution in [0.5, 0.6) is 11.5 Å². The van der Waals surface area contributed by atoms with Crippen LogP contribution >= 0.6 is 15.9 Å². The molecule has 0 aromatic heterocycles. The van der Waals surface area contributed by atoms with Crippen LogP contribution in [0, 0.1) is 0 Å². The Bertz CT molecular complexity index is 973. The molecule has 6 heteroatoms. The van der Waals surface area contributed by atoms with E-state index in [2.05, 4.69) is 26.5 Å². The van der Waals surface area contributed by atoms with Crippen LogP contribution in [0.2, 0.25) is 0 Å². The van der Waals surface area contributed by atoms with Crippen LogP contribution in [-0.2, 0) is 4.79 Å². The Kier molecular flexibility index (Phi) is 6.44. The van der Waals surface area contributed by atoms with Gasteiger partial charge in [-0.15, -0.1) is 0 Å². The molecule has 0 radical (unpaired) electrons. The number of nitrogens with zero attached hydrogens (tertiary/aromatic N) is 1. The summed E-state index contributed by atoms with van der Waals surface area (Å²) in [6.45, 7) is 2.34. The standard InChI is InChI=1S/C21H19BrN2O3/c1-2-26-18-10-6-4-8-16(18)13-23-24-20(25)14-27-19-12-11-15-7-3-5-9-17(15)21(19)22/h3-13H,2,14H2,1H3,(H,24,25). The third kappa shape index (κ3) is 4.86. The van der Waals surface area contributed by atoms with Crippen molar-refractivity contribution in [2.24, 2.45) is 5.10 Å². The van der Waals surface area contributed by atoms with Crippen molar-refractivity contribution in [1.82, 2.24) is 5.43 Å². The van der Waals surface area contributed by atoms with Crippen LogP contribution in [0.4, 0.5) is 0 Å². The van der Waals surface area contributed by atoms with Crippen LogP contribution in [-0.4, -0.2) is 25.3 Å². The van der Waals surface area contributed by atoms with Crippen molar-refractivity contribution >= 4 is 38.8 Å². The third-order valence-electron chi connectivity index (χ3n) is 3.80. The smallest absolute Gasteiger partial charge is 0.277 e. The first-order valence-corrected chi connectivity index (χ1v) is 9.32. The van der Waals surface area contributed by atoms with Crippen LogP contribution in [0.3, 0.4) is 0 Å². The van der Waals surface area contributed by atoms with Gasteiger partial charge in [0.1, 0.15) is 11.5 Å². The van der Waals surface area contributed by atoms with Crippen molar-refractivity contribution < 1.29 is 14.3 Å². The summed E-state index contributed by atoms with van der Waals surface area (Å²) in [5, 5.41) is 6.10. The van der Waals surface area contributed by atoms with E-state index in [1.807, 2.05) is 67.6 Å². The number of nitrogens with one attached hydrogen (secondary N) is 1. The zero-order valence-corrected chi connectivity index (χ0v) is 16.4. The average molecular weight is 427 g/mol. The number of carbonyl (C=O) groups is 1. The van der Waals surface area contributed by atoms with Gasteiger partial charge in [0.15, 0.2) is 6.61 Å². The Morgan fingerprint density at radius 3 is 2.67 bits per heavy atom. The summed E-state index contributed by atoms with van der Waals surface area (Å²) in [6, 6.07) is 19.2. The number of rotatable bonds is 7. The van der Waals surface area contributed by atoms with E-state index in [4.69, 9.17) is 9.47 Å². The molecule has 1 amide bonds. The first-order chi connectivity index (χ1) is 13.2. The van der Waals surface area contributed by atoms with E-state index in [-0.39, 0.29) is 12.5 Å². The molecular weight excluding hydrogens is 408 g/mol. The van der Waals surface area contributed by atoms with Gasteiger partial charge in [-0.05, 0) is 51.8 Å². The molecule has 5 nitrogen and oxygen atoms in total. The molecule has 138 valence electrons. The number of ether oxygens (including phenoxy) is 2. The zero-order valence-electron chi connectivity index (χ0n) is 14.8. The van der Waals surface area contributed by atoms with Gasteiger partial charge in [0, 0.05) is 5.56 Å². The van der Waals surface area contributed by atoms with Gasteiger partial charge < -0.3 is 9.47 Å². The molecule has 0 heterocycles. The van der Waals surface area contributed by atoms with Crippen molar-refractivity contribution in [3.8, 4) is 11.5 Å². The van der Waals surface area contributed by atoms with Gasteiger partial charge in [-0.25, -0.2) is 5.43 Å². The monoisotopic (exact) mass is 426 g/mol. The quantitative estimate of drug-likeness (QED) is 0.445. The van der Waals surface area contributed by atoms with Crippen LogP contribution in [0.15, 0.2) is 70.2 Å². The Balaban J connectivity index is 1.58. The minimum Gasteiger partial charge on any atom is -0.493 e. The lowest BCUT2D eigenvalue weighted by Crippen LogP contribution is -2.24. The Labute approximate surface area is 166 Å². The van der Waals surface area contributed by atoms with Gasteiger partial charge in [0.25, 0.3) is 5.91 Å². The predicted octanol–water partition coefficient (Wildman–Crippen LogP) is 4.53. The number of fused-ring (bicyclic) bond motifs is 1. The van der Waals surface area contributed by atoms with Crippen molar-refractivity contribution in [2.75, 3.05) is 13.2 Å². The maximum absolute atomic E-state index is 12.0. The molecular formula is C21H19BrN2O3. The number of hydrogen-bond acceptors (Lipinski definition) is 4. The van der Waals surface area contributed by atoms with E-state index in [9.17, 15) is 4.79 Å². The van der Waals surface area contributed by atoms with Crippen molar-refractivity contribution in [1.29, 1.82) is 0 Å². The zero-order chi connectivity index (χ0) is 19.1. The molecule has 0 saturated carbocycles. The van der Waals surface area contributed by atoms with Gasteiger partial charge in [0.05, 0.1) is 17.3 Å². The highest BCUT2D eigenvalue weighted by Gasteiger charge is 2.08. The number of amides is 1. The summed E-state index contributed by atoms with van der Waals surface area (Å²) >= 11 is 3.54. The molecule has 0 unspecified atom stereocenters. The van der Waals surface area contributed by atoms with Crippen molar-refractivity contribution in [3.05, 3.63) is 70.7 Å². The minimum absolute atomic E-state index is 0.138. The number of halogens is 1. The molecule has 0 fully saturated rings. The normalized spacial score (nSPS) is 10.9. The fraction of sp³-hybridized carbons (Fsp3) is 0.143. The van der Waals surface area contributed by atoms with Gasteiger partial charge in [-0.2, -0.15) is 5.10 Å². The van der Waals surface area contributed by atoms with E-state index < -0.39 is 0 Å². The highest BCUT2D eigenvalue weighted by atomic mass is 79.9. The number of hydrogen-bond donors (Lipinski definition) is 1. The summed E-state index contributed by atoms with van der Waals surface area (Å²) in [5.74, 6) is 0.976. The minimum atomic E-state index is -0.347. The van der Waals surface area contributed by atoms with E-state index in [1.165, 1.54) is 0 Å². The average Bonchev–Trinajstić information content (AvgIpc) is 2.69. The van der Waals surface area contributed by atoms with E-state index in [0.717, 1.165) is 20.8 Å². The molecule has 3 aromatic carbocycles. The fourth-order valence-electron chi connectivity index (χ4n) is 2.55. The maximum Gasteiger partial charge on any atom is 0.277 e. The number of para-hydroxylation sites is 1. The summed E-state index contributed by atoms with van der Waals surface area (Å²) in [5.41, 5.74) is 3.25. The molecule has 0 spiro atoms. The second kappa shape index (κ2) is 9.19. The first kappa shape index (κ1) is 18.9. The van der Waals surface area contributed by atoms with Gasteiger partial charge in [-0.1, -0.05) is 42.5 Å². The van der Waals surface area contributed by atoms with Crippen LogP contribution in [0.25, 0.3) is 10.8 Å². The second-order valence-electron chi connectivity index (χ2n) is 5.65. The van der Waals surface area contributed by atoms with Gasteiger partial charge in [-0.3, -0.25) is 4.79 Å². The fourth-order valence-corrected chi connectivity index (χ4v) is 3.16. The summed E-state index contributed by atoms with van der Waals surface area (Å²) in [7, 11) is 0. The number of carbonyl (C=O) groups excluding carboxylic acids is 1. The lowest BCUT2D eigenvalue weighted by molar-refractivity contribution is -0.123. The molecule has 0 aliphatic carbocycles. The Morgan fingerprint density at radius 2 is 1.81 bits per heavy atom. The Hall–Kier alpha value is -2.86. The molecule has 1 N–H and O–H groups in total. The van der Waals surface area contributed by atoms with Crippen LogP contribution < -0.4 is 14.9 Å². The number of hydrazone groups is 1. The summed E-state index contributed by atoms with van der Waals surface area (Å²) < 4.78 is 12.0. The van der Waals surface area contributed by atoms with E-state index in [0.29, 0.717) is 18.1 Å². The summed E-state index contributed by atoms with van der Waals surface area (Å²) in [4.78, 5) is 12.0. The molecule has 3 aromatic rings. The molecule has 0 saturated heterocycles. The first-order valence-electron chi connectivity index (χ1n) is 8.53. The van der Waals surface area contributed by atoms with Gasteiger partial charge in [0.2, 0.25) is 0 Å². The van der Waals surface area contributed by atoms with Crippen molar-refractivity contribution in [3.63, 3.8) is 0 Å². The molecule has 27 heavy (non-hydrogen) atoms. The number of benzene rings is 3. The SMILES string of the molecule is CCOc1ccccc1C=NNC(=O)COc1ccc2ccccc2c1Br. The van der Waals surface area contributed by atoms with E-state index >= 15 is 0 Å². The molecule has 3 rings (SSSR count). The van der Waals surface area contributed by atoms with Crippen molar-refractivity contribution in [2.45, 2.75) is 6.92 Å². The second-order valence-corrected chi connectivity index (χ2v) is 6.44. The molecule has 0 bridgehead atoms. The molecule has 0 aliphatic rings. The predicted molar refractivity (Wildman–Crippen MR) is 110 cm³/mol. The highest BCUT2D eigenvalue weighted by molar-refractivity contribution is 9.10. The largest absolute Gasteiger partial charge is 0.493 e. The topological polar surface area (TPSA) is 59.9 Å². The van der Waals surface area contributed by atoms with Crippen LogP contribution in [0.1, 0.15) is 12.5 Å². The van der Waals surface area contributed by atoms with Gasteiger partial charge >= 0.3 is 0 Å².